The highest BCUT2D eigenvalue weighted by Gasteiger charge is 2.13. The Hall–Kier alpha value is -1.95. The van der Waals surface area contributed by atoms with Crippen molar-refractivity contribution in [2.24, 2.45) is 4.99 Å². The molecular formula is C11H6N2OS. The lowest BCUT2D eigenvalue weighted by Crippen LogP contribution is -1.89. The zero-order valence-electron chi connectivity index (χ0n) is 7.68. The lowest BCUT2D eigenvalue weighted by molar-refractivity contribution is 0.561. The molecule has 0 fully saturated rings. The van der Waals surface area contributed by atoms with Crippen molar-refractivity contribution >= 4 is 27.5 Å². The van der Waals surface area contributed by atoms with E-state index < -0.39 is 6.04 Å². The number of nitriles is 1. The fourth-order valence-corrected chi connectivity index (χ4v) is 2.41. The van der Waals surface area contributed by atoms with E-state index in [1.54, 1.807) is 11.3 Å². The molecule has 0 N–H and O–H groups in total. The van der Waals surface area contributed by atoms with Crippen LogP contribution in [0.4, 0.5) is 0 Å². The summed E-state index contributed by atoms with van der Waals surface area (Å²) in [6.45, 7) is 0. The number of isocyanates is 1. The van der Waals surface area contributed by atoms with Crippen molar-refractivity contribution in [3.05, 3.63) is 35.2 Å². The van der Waals surface area contributed by atoms with Gasteiger partial charge in [-0.1, -0.05) is 18.2 Å². The fourth-order valence-electron chi connectivity index (χ4n) is 1.43. The molecule has 0 saturated carbocycles. The van der Waals surface area contributed by atoms with Crippen molar-refractivity contribution in [3.8, 4) is 6.07 Å². The van der Waals surface area contributed by atoms with Crippen molar-refractivity contribution in [2.45, 2.75) is 6.04 Å². The number of hydrogen-bond acceptors (Lipinski definition) is 4. The number of carbonyl (C=O) groups excluding carboxylic acids is 1. The summed E-state index contributed by atoms with van der Waals surface area (Å²) < 4.78 is 1.09. The van der Waals surface area contributed by atoms with E-state index in [1.807, 2.05) is 35.7 Å². The molecule has 1 unspecified atom stereocenters. The molecule has 0 aliphatic rings. The molecule has 0 aliphatic carbocycles. The van der Waals surface area contributed by atoms with Crippen LogP contribution in [-0.2, 0) is 4.79 Å². The Morgan fingerprint density at radius 2 is 2.20 bits per heavy atom. The number of hydrogen-bond donors (Lipinski definition) is 0. The molecule has 0 amide bonds. The van der Waals surface area contributed by atoms with E-state index in [-0.39, 0.29) is 0 Å². The van der Waals surface area contributed by atoms with Gasteiger partial charge in [-0.05, 0) is 16.8 Å². The van der Waals surface area contributed by atoms with E-state index in [4.69, 9.17) is 5.26 Å². The fraction of sp³-hybridized carbons (Fsp3) is 0.0909. The highest BCUT2D eigenvalue weighted by atomic mass is 32.1. The predicted octanol–water partition coefficient (Wildman–Crippen LogP) is 2.80. The van der Waals surface area contributed by atoms with Gasteiger partial charge in [-0.3, -0.25) is 0 Å². The molecule has 1 aromatic carbocycles. The maximum Gasteiger partial charge on any atom is 0.236 e. The number of nitrogens with zero attached hydrogens (tertiary/aromatic N) is 2. The summed E-state index contributed by atoms with van der Waals surface area (Å²) >= 11 is 1.54. The molecule has 2 aromatic rings. The summed E-state index contributed by atoms with van der Waals surface area (Å²) in [4.78, 5) is 13.6. The number of benzene rings is 1. The Labute approximate surface area is 90.3 Å². The Morgan fingerprint density at radius 3 is 2.93 bits per heavy atom. The lowest BCUT2D eigenvalue weighted by Gasteiger charge is -1.98. The van der Waals surface area contributed by atoms with Gasteiger partial charge in [0.05, 0.1) is 6.07 Å². The van der Waals surface area contributed by atoms with E-state index in [2.05, 4.69) is 4.99 Å². The van der Waals surface area contributed by atoms with Gasteiger partial charge in [0.2, 0.25) is 6.08 Å². The topological polar surface area (TPSA) is 53.2 Å². The van der Waals surface area contributed by atoms with E-state index in [0.29, 0.717) is 0 Å². The minimum atomic E-state index is -0.737. The third kappa shape index (κ3) is 1.66. The normalized spacial score (nSPS) is 11.7. The van der Waals surface area contributed by atoms with Crippen LogP contribution >= 0.6 is 11.3 Å². The molecule has 1 atom stereocenters. The van der Waals surface area contributed by atoms with Gasteiger partial charge >= 0.3 is 0 Å². The third-order valence-corrected chi connectivity index (χ3v) is 3.09. The first-order valence-electron chi connectivity index (χ1n) is 4.29. The van der Waals surface area contributed by atoms with Crippen LogP contribution in [0.2, 0.25) is 0 Å². The second-order valence-electron chi connectivity index (χ2n) is 2.94. The van der Waals surface area contributed by atoms with Gasteiger partial charge in [0.15, 0.2) is 6.04 Å². The van der Waals surface area contributed by atoms with Gasteiger partial charge in [-0.25, -0.2) is 4.79 Å². The van der Waals surface area contributed by atoms with Gasteiger partial charge in [0, 0.05) is 10.3 Å². The van der Waals surface area contributed by atoms with Gasteiger partial charge in [-0.2, -0.15) is 10.3 Å². The largest absolute Gasteiger partial charge is 0.236 e. The summed E-state index contributed by atoms with van der Waals surface area (Å²) in [6, 6.07) is 8.97. The Kier molecular flexibility index (Phi) is 2.59. The molecule has 2 rings (SSSR count). The minimum Gasteiger partial charge on any atom is -0.211 e. The third-order valence-electron chi connectivity index (χ3n) is 2.11. The zero-order chi connectivity index (χ0) is 10.7. The summed E-state index contributed by atoms with van der Waals surface area (Å²) in [5.41, 5.74) is 0.779. The molecule has 4 heteroatoms. The highest BCUT2D eigenvalue weighted by molar-refractivity contribution is 7.17. The molecule has 0 aliphatic heterocycles. The standard InChI is InChI=1S/C11H6N2OS/c12-5-10(13-7-14)9-6-15-11-4-2-1-3-8(9)11/h1-4,6,10H. The van der Waals surface area contributed by atoms with Crippen LogP contribution in [-0.4, -0.2) is 6.08 Å². The Bertz CT molecular complexity index is 576. The van der Waals surface area contributed by atoms with E-state index >= 15 is 0 Å². The number of thiophene rings is 1. The molecule has 3 nitrogen and oxygen atoms in total. The van der Waals surface area contributed by atoms with Gasteiger partial charge in [0.25, 0.3) is 0 Å². The van der Waals surface area contributed by atoms with Crippen LogP contribution in [0.1, 0.15) is 11.6 Å². The van der Waals surface area contributed by atoms with Gasteiger partial charge in [0.1, 0.15) is 0 Å². The molecule has 0 radical (unpaired) electrons. The van der Waals surface area contributed by atoms with Gasteiger partial charge < -0.3 is 0 Å². The maximum atomic E-state index is 10.2. The van der Waals surface area contributed by atoms with Crippen LogP contribution < -0.4 is 0 Å². The molecule has 0 bridgehead atoms. The molecule has 15 heavy (non-hydrogen) atoms. The van der Waals surface area contributed by atoms with E-state index in [9.17, 15) is 4.79 Å². The average Bonchev–Trinajstić information content (AvgIpc) is 2.70. The van der Waals surface area contributed by atoms with Crippen molar-refractivity contribution < 1.29 is 4.79 Å². The first kappa shape index (κ1) is 9.60. The van der Waals surface area contributed by atoms with Gasteiger partial charge in [-0.15, -0.1) is 11.3 Å². The first-order chi connectivity index (χ1) is 7.36. The van der Waals surface area contributed by atoms with Crippen molar-refractivity contribution in [2.75, 3.05) is 0 Å². The highest BCUT2D eigenvalue weighted by Crippen LogP contribution is 2.31. The van der Waals surface area contributed by atoms with E-state index in [0.717, 1.165) is 15.6 Å². The van der Waals surface area contributed by atoms with Crippen LogP contribution in [0.5, 0.6) is 0 Å². The second kappa shape index (κ2) is 4.05. The summed E-state index contributed by atoms with van der Waals surface area (Å²) in [5, 5.41) is 11.7. The average molecular weight is 214 g/mol. The smallest absolute Gasteiger partial charge is 0.211 e. The molecule has 0 saturated heterocycles. The monoisotopic (exact) mass is 214 g/mol. The van der Waals surface area contributed by atoms with Crippen LogP contribution in [0.25, 0.3) is 10.1 Å². The maximum absolute atomic E-state index is 10.2. The van der Waals surface area contributed by atoms with Crippen LogP contribution in [0.3, 0.4) is 0 Å². The Balaban J connectivity index is 2.61. The second-order valence-corrected chi connectivity index (χ2v) is 3.85. The zero-order valence-corrected chi connectivity index (χ0v) is 8.49. The minimum absolute atomic E-state index is 0.737. The molecule has 0 spiro atoms. The summed E-state index contributed by atoms with van der Waals surface area (Å²) in [5.74, 6) is 0. The number of fused-ring (bicyclic) bond motifs is 1. The Morgan fingerprint density at radius 1 is 1.40 bits per heavy atom. The quantitative estimate of drug-likeness (QED) is 0.570. The van der Waals surface area contributed by atoms with Crippen molar-refractivity contribution in [3.63, 3.8) is 0 Å². The summed E-state index contributed by atoms with van der Waals surface area (Å²) in [6.07, 6.45) is 1.43. The number of aliphatic imine (C=N–C) groups is 1. The molecule has 1 aromatic heterocycles. The molecule has 72 valence electrons. The number of rotatable bonds is 2. The van der Waals surface area contributed by atoms with Crippen LogP contribution in [0, 0.1) is 11.3 Å². The lowest BCUT2D eigenvalue weighted by atomic mass is 10.1. The van der Waals surface area contributed by atoms with E-state index in [1.165, 1.54) is 6.08 Å². The van der Waals surface area contributed by atoms with Crippen molar-refractivity contribution in [1.29, 1.82) is 5.26 Å². The molecule has 1 heterocycles. The summed E-state index contributed by atoms with van der Waals surface area (Å²) in [7, 11) is 0. The van der Waals surface area contributed by atoms with Crippen molar-refractivity contribution in [1.82, 2.24) is 0 Å². The molecular weight excluding hydrogens is 208 g/mol. The predicted molar refractivity (Wildman–Crippen MR) is 58.3 cm³/mol. The first-order valence-corrected chi connectivity index (χ1v) is 5.17. The SMILES string of the molecule is N#CC(N=C=O)c1csc2ccccc12. The van der Waals surface area contributed by atoms with Crippen LogP contribution in [0.15, 0.2) is 34.6 Å².